The highest BCUT2D eigenvalue weighted by molar-refractivity contribution is 9.09. The first-order chi connectivity index (χ1) is 16.4. The third-order valence-corrected chi connectivity index (χ3v) is 13.1. The number of carbonyl (C=O) groups is 1. The lowest BCUT2D eigenvalue weighted by Gasteiger charge is -2.67. The fraction of sp³-hybridized carbons (Fsp3) is 0.903. The Balaban J connectivity index is 1.54. The van der Waals surface area contributed by atoms with Gasteiger partial charge in [-0.2, -0.15) is 0 Å². The van der Waals surface area contributed by atoms with Crippen molar-refractivity contribution in [1.29, 1.82) is 0 Å². The molecule has 0 spiro atoms. The molecule has 35 heavy (non-hydrogen) atoms. The molecule has 4 heteroatoms. The highest BCUT2D eigenvalue weighted by Gasteiger charge is 2.65. The summed E-state index contributed by atoms with van der Waals surface area (Å²) in [7, 11) is 7.32. The van der Waals surface area contributed by atoms with Crippen LogP contribution in [0.2, 0.25) is 5.31 Å². The van der Waals surface area contributed by atoms with Crippen molar-refractivity contribution in [2.75, 3.05) is 0 Å². The van der Waals surface area contributed by atoms with Gasteiger partial charge in [0.05, 0.1) is 7.85 Å². The maximum Gasteiger partial charge on any atom is 0.302 e. The monoisotopic (exact) mass is 544 g/mol. The molecule has 4 fully saturated rings. The van der Waals surface area contributed by atoms with Crippen molar-refractivity contribution in [3.63, 3.8) is 0 Å². The molecule has 2 nitrogen and oxygen atoms in total. The van der Waals surface area contributed by atoms with E-state index < -0.39 is 0 Å². The van der Waals surface area contributed by atoms with Crippen LogP contribution in [0.5, 0.6) is 0 Å². The molecule has 11 unspecified atom stereocenters. The largest absolute Gasteiger partial charge is 0.463 e. The van der Waals surface area contributed by atoms with Crippen LogP contribution in [0.3, 0.4) is 0 Å². The van der Waals surface area contributed by atoms with E-state index in [2.05, 4.69) is 69.6 Å². The number of hydrogen-bond donors (Lipinski definition) is 0. The second-order valence-corrected chi connectivity index (χ2v) is 14.9. The topological polar surface area (TPSA) is 26.3 Å². The standard InChI is InChI=1S/C31H50BBrO2/c1-8-22(19(2)3)10-9-20(4)25-11-12-26-24-17-28(33)31(32)18-23(35-21(5)34)13-16-30(31,7)27(24)14-15-29(25,26)6/h9-10,19-20,22-28H,8,11-18H2,1-7H3. The van der Waals surface area contributed by atoms with Crippen molar-refractivity contribution >= 4 is 29.7 Å². The Bertz CT molecular complexity index is 812. The number of ether oxygens (including phenoxy) is 1. The zero-order valence-electron chi connectivity index (χ0n) is 23.5. The molecule has 0 saturated heterocycles. The smallest absolute Gasteiger partial charge is 0.302 e. The van der Waals surface area contributed by atoms with Crippen LogP contribution in [0.1, 0.15) is 106 Å². The van der Waals surface area contributed by atoms with Crippen LogP contribution in [0.25, 0.3) is 0 Å². The molecule has 2 radical (unpaired) electrons. The highest BCUT2D eigenvalue weighted by atomic mass is 79.9. The highest BCUT2D eigenvalue weighted by Crippen LogP contribution is 2.74. The summed E-state index contributed by atoms with van der Waals surface area (Å²) in [5.74, 6) is 4.94. The number of rotatable bonds is 6. The maximum absolute atomic E-state index is 11.7. The maximum atomic E-state index is 11.7. The number of fused-ring (bicyclic) bond motifs is 5. The Morgan fingerprint density at radius 1 is 1.09 bits per heavy atom. The molecule has 0 aromatic rings. The second-order valence-electron chi connectivity index (χ2n) is 13.8. The average molecular weight is 545 g/mol. The Morgan fingerprint density at radius 2 is 1.80 bits per heavy atom. The number of allylic oxidation sites excluding steroid dienone is 2. The van der Waals surface area contributed by atoms with Crippen molar-refractivity contribution in [2.24, 2.45) is 52.3 Å². The van der Waals surface area contributed by atoms with E-state index in [1.807, 2.05) is 0 Å². The van der Waals surface area contributed by atoms with Crippen molar-refractivity contribution in [3.8, 4) is 0 Å². The number of esters is 1. The lowest BCUT2D eigenvalue weighted by Crippen LogP contribution is -2.60. The molecule has 4 rings (SSSR count). The van der Waals surface area contributed by atoms with Gasteiger partial charge in [-0.3, -0.25) is 4.79 Å². The Morgan fingerprint density at radius 3 is 2.43 bits per heavy atom. The zero-order chi connectivity index (χ0) is 25.8. The van der Waals surface area contributed by atoms with Gasteiger partial charge in [0.15, 0.2) is 0 Å². The molecule has 0 aromatic carbocycles. The molecule has 4 saturated carbocycles. The van der Waals surface area contributed by atoms with E-state index in [0.717, 1.165) is 42.9 Å². The Hall–Kier alpha value is -0.245. The van der Waals surface area contributed by atoms with Gasteiger partial charge in [0.1, 0.15) is 6.10 Å². The molecule has 0 amide bonds. The first kappa shape index (κ1) is 27.8. The number of alkyl halides is 1. The minimum absolute atomic E-state index is 0.0303. The lowest BCUT2D eigenvalue weighted by atomic mass is 9.35. The van der Waals surface area contributed by atoms with Crippen LogP contribution < -0.4 is 0 Å². The van der Waals surface area contributed by atoms with Crippen molar-refractivity contribution in [1.82, 2.24) is 0 Å². The number of halogens is 1. The summed E-state index contributed by atoms with van der Waals surface area (Å²) in [4.78, 5) is 12.0. The van der Waals surface area contributed by atoms with Crippen LogP contribution in [0.15, 0.2) is 12.2 Å². The molecule has 0 bridgehead atoms. The molecular weight excluding hydrogens is 495 g/mol. The van der Waals surface area contributed by atoms with Crippen LogP contribution >= 0.6 is 15.9 Å². The van der Waals surface area contributed by atoms with Gasteiger partial charge in [0, 0.05) is 11.8 Å². The quantitative estimate of drug-likeness (QED) is 0.145. The van der Waals surface area contributed by atoms with Crippen LogP contribution in [-0.2, 0) is 9.53 Å². The first-order valence-electron chi connectivity index (χ1n) is 14.7. The van der Waals surface area contributed by atoms with Gasteiger partial charge in [-0.05, 0) is 115 Å². The van der Waals surface area contributed by atoms with Gasteiger partial charge in [-0.25, -0.2) is 0 Å². The second kappa shape index (κ2) is 10.1. The van der Waals surface area contributed by atoms with Crippen LogP contribution in [0.4, 0.5) is 0 Å². The number of hydrogen-bond acceptors (Lipinski definition) is 2. The van der Waals surface area contributed by atoms with Crippen molar-refractivity contribution in [3.05, 3.63) is 12.2 Å². The van der Waals surface area contributed by atoms with Crippen molar-refractivity contribution in [2.45, 2.75) is 122 Å². The SMILES string of the molecule is [B]C12CC(OC(C)=O)CCC1(C)C1CCC3(C)C(C(C)C=CC(CC)C(C)C)CCC3C1CC2Br. The summed E-state index contributed by atoms with van der Waals surface area (Å²) in [6.07, 6.45) is 15.7. The molecule has 0 heterocycles. The van der Waals surface area contributed by atoms with Gasteiger partial charge in [-0.1, -0.05) is 69.6 Å². The normalized spacial score (nSPS) is 47.1. The zero-order valence-corrected chi connectivity index (χ0v) is 25.1. The molecule has 4 aliphatic rings. The molecule has 0 N–H and O–H groups in total. The summed E-state index contributed by atoms with van der Waals surface area (Å²) in [5, 5.41) is -0.305. The predicted octanol–water partition coefficient (Wildman–Crippen LogP) is 8.54. The molecule has 11 atom stereocenters. The van der Waals surface area contributed by atoms with E-state index in [1.54, 1.807) is 0 Å². The van der Waals surface area contributed by atoms with E-state index in [4.69, 9.17) is 12.6 Å². The van der Waals surface area contributed by atoms with Gasteiger partial charge < -0.3 is 4.74 Å². The summed E-state index contributed by atoms with van der Waals surface area (Å²) >= 11 is 4.12. The Labute approximate surface area is 225 Å². The predicted molar refractivity (Wildman–Crippen MR) is 151 cm³/mol. The fourth-order valence-corrected chi connectivity index (χ4v) is 10.9. The molecule has 4 aliphatic carbocycles. The van der Waals surface area contributed by atoms with Gasteiger partial charge >= 0.3 is 5.97 Å². The minimum atomic E-state index is -0.305. The molecule has 0 aromatic heterocycles. The summed E-state index contributed by atoms with van der Waals surface area (Å²) in [6, 6.07) is 0. The fourth-order valence-electron chi connectivity index (χ4n) is 9.80. The Kier molecular flexibility index (Phi) is 8.05. The van der Waals surface area contributed by atoms with E-state index in [-0.39, 0.29) is 27.6 Å². The van der Waals surface area contributed by atoms with Crippen LogP contribution in [-0.4, -0.2) is 24.7 Å². The average Bonchev–Trinajstić information content (AvgIpc) is 3.13. The van der Waals surface area contributed by atoms with Crippen molar-refractivity contribution < 1.29 is 9.53 Å². The summed E-state index contributed by atoms with van der Waals surface area (Å²) in [6.45, 7) is 16.2. The minimum Gasteiger partial charge on any atom is -0.463 e. The van der Waals surface area contributed by atoms with Crippen LogP contribution in [0, 0.1) is 52.3 Å². The summed E-state index contributed by atoms with van der Waals surface area (Å²) in [5.41, 5.74) is 0.550. The first-order valence-corrected chi connectivity index (χ1v) is 15.6. The van der Waals surface area contributed by atoms with Gasteiger partial charge in [0.2, 0.25) is 0 Å². The van der Waals surface area contributed by atoms with E-state index in [0.29, 0.717) is 23.2 Å². The molecule has 0 aliphatic heterocycles. The third kappa shape index (κ3) is 4.63. The van der Waals surface area contributed by atoms with E-state index in [1.165, 1.54) is 45.4 Å². The molecule has 196 valence electrons. The third-order valence-electron chi connectivity index (χ3n) is 11.9. The van der Waals surface area contributed by atoms with Gasteiger partial charge in [-0.15, -0.1) is 0 Å². The van der Waals surface area contributed by atoms with Gasteiger partial charge in [0.25, 0.3) is 0 Å². The van der Waals surface area contributed by atoms with E-state index in [9.17, 15) is 4.79 Å². The lowest BCUT2D eigenvalue weighted by molar-refractivity contribution is -0.157. The van der Waals surface area contributed by atoms with E-state index >= 15 is 0 Å². The number of carbonyl (C=O) groups excluding carboxylic acids is 1. The molecular formula is C31H50BBrO2. The summed E-state index contributed by atoms with van der Waals surface area (Å²) < 4.78 is 5.68.